The molecule has 4 rings (SSSR count). The summed E-state index contributed by atoms with van der Waals surface area (Å²) in [7, 11) is 0. The molecular formula is C23H25FN2. The Bertz CT molecular complexity index is 912. The lowest BCUT2D eigenvalue weighted by molar-refractivity contribution is 0.216. The molecule has 134 valence electrons. The second-order valence-electron chi connectivity index (χ2n) is 7.30. The van der Waals surface area contributed by atoms with Crippen LogP contribution in [0.2, 0.25) is 0 Å². The molecule has 2 heterocycles. The van der Waals surface area contributed by atoms with E-state index in [-0.39, 0.29) is 11.9 Å². The van der Waals surface area contributed by atoms with E-state index in [1.807, 2.05) is 12.1 Å². The zero-order valence-corrected chi connectivity index (χ0v) is 15.5. The molecule has 2 nitrogen and oxygen atoms in total. The summed E-state index contributed by atoms with van der Waals surface area (Å²) in [6.45, 7) is 7.06. The summed E-state index contributed by atoms with van der Waals surface area (Å²) in [6, 6.07) is 18.0. The highest BCUT2D eigenvalue weighted by atomic mass is 19.1. The molecule has 1 aliphatic heterocycles. The molecule has 0 saturated heterocycles. The van der Waals surface area contributed by atoms with E-state index in [1.54, 1.807) is 12.1 Å². The Morgan fingerprint density at radius 2 is 1.85 bits per heavy atom. The summed E-state index contributed by atoms with van der Waals surface area (Å²) in [5, 5.41) is 0. The Labute approximate surface area is 154 Å². The van der Waals surface area contributed by atoms with Crippen LogP contribution in [0.5, 0.6) is 0 Å². The number of rotatable bonds is 3. The highest BCUT2D eigenvalue weighted by Gasteiger charge is 2.29. The minimum atomic E-state index is -0.127. The van der Waals surface area contributed by atoms with Crippen LogP contribution in [0.1, 0.15) is 40.4 Å². The van der Waals surface area contributed by atoms with Gasteiger partial charge < -0.3 is 4.57 Å². The summed E-state index contributed by atoms with van der Waals surface area (Å²) in [6.07, 6.45) is 3.18. The normalized spacial score (nSPS) is 17.7. The van der Waals surface area contributed by atoms with E-state index < -0.39 is 0 Å². The van der Waals surface area contributed by atoms with Gasteiger partial charge in [0, 0.05) is 37.1 Å². The number of hydrogen-bond donors (Lipinski definition) is 0. The summed E-state index contributed by atoms with van der Waals surface area (Å²) in [5.41, 5.74) is 5.84. The van der Waals surface area contributed by atoms with Crippen LogP contribution in [0, 0.1) is 19.7 Å². The van der Waals surface area contributed by atoms with Gasteiger partial charge in [0.15, 0.2) is 0 Å². The molecule has 0 fully saturated rings. The van der Waals surface area contributed by atoms with Crippen molar-refractivity contribution < 1.29 is 4.39 Å². The van der Waals surface area contributed by atoms with Crippen molar-refractivity contribution in [1.82, 2.24) is 9.47 Å². The topological polar surface area (TPSA) is 8.17 Å². The molecule has 3 aromatic rings. The molecule has 0 radical (unpaired) electrons. The molecule has 1 aliphatic rings. The predicted octanol–water partition coefficient (Wildman–Crippen LogP) is 5.24. The molecule has 26 heavy (non-hydrogen) atoms. The van der Waals surface area contributed by atoms with Gasteiger partial charge in [-0.1, -0.05) is 42.0 Å². The van der Waals surface area contributed by atoms with Crippen LogP contribution in [0.25, 0.3) is 0 Å². The van der Waals surface area contributed by atoms with Gasteiger partial charge in [0.2, 0.25) is 0 Å². The lowest BCUT2D eigenvalue weighted by Gasteiger charge is -2.31. The van der Waals surface area contributed by atoms with E-state index in [0.29, 0.717) is 0 Å². The van der Waals surface area contributed by atoms with Gasteiger partial charge in [-0.3, -0.25) is 4.90 Å². The number of nitrogens with zero attached hydrogens (tertiary/aromatic N) is 2. The highest BCUT2D eigenvalue weighted by molar-refractivity contribution is 5.33. The van der Waals surface area contributed by atoms with Crippen LogP contribution >= 0.6 is 0 Å². The van der Waals surface area contributed by atoms with E-state index in [2.05, 4.69) is 59.8 Å². The van der Waals surface area contributed by atoms with Crippen LogP contribution in [0.3, 0.4) is 0 Å². The minimum absolute atomic E-state index is 0.0607. The fourth-order valence-electron chi connectivity index (χ4n) is 4.10. The van der Waals surface area contributed by atoms with Gasteiger partial charge >= 0.3 is 0 Å². The third-order valence-electron chi connectivity index (χ3n) is 5.43. The van der Waals surface area contributed by atoms with Gasteiger partial charge in [-0.05, 0) is 49.6 Å². The van der Waals surface area contributed by atoms with Gasteiger partial charge in [0.05, 0.1) is 6.04 Å². The molecule has 1 unspecified atom stereocenters. The predicted molar refractivity (Wildman–Crippen MR) is 104 cm³/mol. The lowest BCUT2D eigenvalue weighted by atomic mass is 9.99. The Hall–Kier alpha value is -2.39. The average Bonchev–Trinajstić information content (AvgIpc) is 3.00. The molecule has 0 saturated carbocycles. The standard InChI is InChI=1S/C23H25FN2/c1-17-10-11-19(18(2)15-17)16-26-14-6-13-25-12-5-9-22(25)23(26)20-7-3-4-8-21(20)24/h3-5,7-12,15,23H,6,13-14,16H2,1-2H3. The Morgan fingerprint density at radius 1 is 1.00 bits per heavy atom. The molecule has 0 spiro atoms. The number of fused-ring (bicyclic) bond motifs is 1. The zero-order valence-electron chi connectivity index (χ0n) is 15.5. The van der Waals surface area contributed by atoms with E-state index >= 15 is 0 Å². The second kappa shape index (κ2) is 7.08. The number of aromatic nitrogens is 1. The lowest BCUT2D eigenvalue weighted by Crippen LogP contribution is -2.30. The molecular weight excluding hydrogens is 323 g/mol. The number of hydrogen-bond acceptors (Lipinski definition) is 1. The zero-order chi connectivity index (χ0) is 18.1. The largest absolute Gasteiger partial charge is 0.350 e. The third kappa shape index (κ3) is 3.19. The van der Waals surface area contributed by atoms with Gasteiger partial charge in [-0.2, -0.15) is 0 Å². The number of aryl methyl sites for hydroxylation is 3. The molecule has 0 N–H and O–H groups in total. The summed E-state index contributed by atoms with van der Waals surface area (Å²) in [5.74, 6) is -0.127. The Morgan fingerprint density at radius 3 is 2.65 bits per heavy atom. The first kappa shape index (κ1) is 17.0. The van der Waals surface area contributed by atoms with Crippen molar-refractivity contribution in [2.24, 2.45) is 0 Å². The first-order valence-electron chi connectivity index (χ1n) is 9.33. The Kier molecular flexibility index (Phi) is 4.64. The summed E-state index contributed by atoms with van der Waals surface area (Å²) >= 11 is 0. The van der Waals surface area contributed by atoms with Crippen molar-refractivity contribution in [1.29, 1.82) is 0 Å². The summed E-state index contributed by atoms with van der Waals surface area (Å²) < 4.78 is 17.0. The molecule has 0 amide bonds. The van der Waals surface area contributed by atoms with Crippen LogP contribution in [-0.2, 0) is 13.1 Å². The monoisotopic (exact) mass is 348 g/mol. The van der Waals surface area contributed by atoms with E-state index in [0.717, 1.165) is 31.6 Å². The Balaban J connectivity index is 1.77. The van der Waals surface area contributed by atoms with Gasteiger partial charge in [0.25, 0.3) is 0 Å². The van der Waals surface area contributed by atoms with Crippen molar-refractivity contribution in [3.8, 4) is 0 Å². The van der Waals surface area contributed by atoms with Gasteiger partial charge in [0.1, 0.15) is 5.82 Å². The minimum Gasteiger partial charge on any atom is -0.350 e. The fraction of sp³-hybridized carbons (Fsp3) is 0.304. The second-order valence-corrected chi connectivity index (χ2v) is 7.30. The molecule has 0 aliphatic carbocycles. The van der Waals surface area contributed by atoms with E-state index in [1.165, 1.54) is 22.4 Å². The van der Waals surface area contributed by atoms with E-state index in [9.17, 15) is 4.39 Å². The molecule has 1 aromatic heterocycles. The third-order valence-corrected chi connectivity index (χ3v) is 5.43. The van der Waals surface area contributed by atoms with Gasteiger partial charge in [-0.25, -0.2) is 4.39 Å². The van der Waals surface area contributed by atoms with Crippen LogP contribution in [-0.4, -0.2) is 16.0 Å². The van der Waals surface area contributed by atoms with Crippen molar-refractivity contribution >= 4 is 0 Å². The van der Waals surface area contributed by atoms with Crippen molar-refractivity contribution in [2.75, 3.05) is 6.54 Å². The number of benzene rings is 2. The van der Waals surface area contributed by atoms with Crippen LogP contribution in [0.4, 0.5) is 4.39 Å². The fourth-order valence-corrected chi connectivity index (χ4v) is 4.10. The average molecular weight is 348 g/mol. The van der Waals surface area contributed by atoms with Crippen LogP contribution in [0.15, 0.2) is 60.8 Å². The maximum atomic E-state index is 14.7. The van der Waals surface area contributed by atoms with Crippen molar-refractivity contribution in [2.45, 2.75) is 39.4 Å². The van der Waals surface area contributed by atoms with Crippen molar-refractivity contribution in [3.63, 3.8) is 0 Å². The maximum absolute atomic E-state index is 14.7. The summed E-state index contributed by atoms with van der Waals surface area (Å²) in [4.78, 5) is 2.43. The molecule has 2 aromatic carbocycles. The molecule has 3 heteroatoms. The van der Waals surface area contributed by atoms with Crippen molar-refractivity contribution in [3.05, 3.63) is 94.6 Å². The SMILES string of the molecule is Cc1ccc(CN2CCCn3cccc3C2c2ccccc2F)c(C)c1. The smallest absolute Gasteiger partial charge is 0.128 e. The maximum Gasteiger partial charge on any atom is 0.128 e. The quantitative estimate of drug-likeness (QED) is 0.628. The van der Waals surface area contributed by atoms with Crippen LogP contribution < -0.4 is 0 Å². The highest BCUT2D eigenvalue weighted by Crippen LogP contribution is 2.34. The number of halogens is 1. The first-order valence-corrected chi connectivity index (χ1v) is 9.33. The molecule has 1 atom stereocenters. The first-order chi connectivity index (χ1) is 12.6. The molecule has 0 bridgehead atoms. The van der Waals surface area contributed by atoms with E-state index in [4.69, 9.17) is 0 Å². The van der Waals surface area contributed by atoms with Gasteiger partial charge in [-0.15, -0.1) is 0 Å².